The van der Waals surface area contributed by atoms with Crippen LogP contribution >= 0.6 is 11.3 Å². The van der Waals surface area contributed by atoms with E-state index in [4.69, 9.17) is 4.74 Å². The van der Waals surface area contributed by atoms with Crippen molar-refractivity contribution < 1.29 is 24.2 Å². The highest BCUT2D eigenvalue weighted by molar-refractivity contribution is 7.10. The Hall–Kier alpha value is -2.91. The van der Waals surface area contributed by atoms with Gasteiger partial charge in [-0.3, -0.25) is 9.59 Å². The van der Waals surface area contributed by atoms with Gasteiger partial charge in [0, 0.05) is 29.2 Å². The Morgan fingerprint density at radius 3 is 2.61 bits per heavy atom. The molecule has 166 valence electrons. The van der Waals surface area contributed by atoms with Crippen LogP contribution in [0.1, 0.15) is 45.2 Å². The third-order valence-corrected chi connectivity index (χ3v) is 6.22. The van der Waals surface area contributed by atoms with Crippen molar-refractivity contribution in [3.63, 3.8) is 0 Å². The Bertz CT molecular complexity index is 1040. The van der Waals surface area contributed by atoms with E-state index in [2.05, 4.69) is 4.98 Å². The Morgan fingerprint density at radius 2 is 2.03 bits per heavy atom. The van der Waals surface area contributed by atoms with Crippen LogP contribution in [0.3, 0.4) is 0 Å². The number of aromatic amines is 1. The maximum Gasteiger partial charge on any atom is 0.355 e. The number of esters is 1. The smallest absolute Gasteiger partial charge is 0.355 e. The molecule has 2 aromatic rings. The number of aromatic nitrogens is 1. The number of ketones is 1. The predicted molar refractivity (Wildman–Crippen MR) is 118 cm³/mol. The molecule has 0 bridgehead atoms. The Balaban J connectivity index is 2.15. The molecular weight excluding hydrogens is 418 g/mol. The number of Topliss-reactive ketones (excluding diaryl/α,β-unsaturated/α-hetero) is 1. The van der Waals surface area contributed by atoms with E-state index < -0.39 is 23.7 Å². The second-order valence-electron chi connectivity index (χ2n) is 7.66. The first-order valence-electron chi connectivity index (χ1n) is 10.0. The van der Waals surface area contributed by atoms with Crippen LogP contribution in [0.15, 0.2) is 23.1 Å². The number of hydrogen-bond acceptors (Lipinski definition) is 7. The number of rotatable bonds is 7. The van der Waals surface area contributed by atoms with Gasteiger partial charge in [0.05, 0.1) is 18.2 Å². The molecule has 1 aliphatic rings. The number of aliphatic hydroxyl groups is 1. The summed E-state index contributed by atoms with van der Waals surface area (Å²) in [7, 11) is 3.78. The average Bonchev–Trinajstić information content (AvgIpc) is 3.39. The van der Waals surface area contributed by atoms with E-state index in [0.29, 0.717) is 29.9 Å². The maximum atomic E-state index is 13.0. The molecule has 0 aliphatic carbocycles. The second kappa shape index (κ2) is 9.07. The third-order valence-electron chi connectivity index (χ3n) is 5.29. The van der Waals surface area contributed by atoms with Crippen molar-refractivity contribution in [2.75, 3.05) is 33.8 Å². The summed E-state index contributed by atoms with van der Waals surface area (Å²) >= 11 is 1.42. The van der Waals surface area contributed by atoms with Gasteiger partial charge < -0.3 is 24.6 Å². The molecule has 0 aromatic carbocycles. The number of aliphatic hydroxyl groups excluding tert-OH is 1. The molecule has 3 rings (SSSR count). The monoisotopic (exact) mass is 445 g/mol. The minimum Gasteiger partial charge on any atom is -0.507 e. The number of nitrogens with zero attached hydrogens (tertiary/aromatic N) is 2. The summed E-state index contributed by atoms with van der Waals surface area (Å²) in [5.74, 6) is -2.19. The lowest BCUT2D eigenvalue weighted by molar-refractivity contribution is -0.140. The van der Waals surface area contributed by atoms with Crippen LogP contribution in [0.5, 0.6) is 0 Å². The maximum absolute atomic E-state index is 13.0. The van der Waals surface area contributed by atoms with Gasteiger partial charge in [0.25, 0.3) is 11.7 Å². The fraction of sp³-hybridized carbons (Fsp3) is 0.409. The predicted octanol–water partition coefficient (Wildman–Crippen LogP) is 2.85. The molecule has 0 radical (unpaired) electrons. The SMILES string of the molecule is CCOC(=O)c1[nH]c(C)c(/C(O)=C2\C(=O)C(=O)N(CCN(C)C)[C@H]2c2cccs2)c1C. The van der Waals surface area contributed by atoms with E-state index in [1.807, 2.05) is 36.5 Å². The van der Waals surface area contributed by atoms with Gasteiger partial charge in [-0.15, -0.1) is 11.3 Å². The number of likely N-dealkylation sites (tertiary alicyclic amines) is 1. The molecule has 8 nitrogen and oxygen atoms in total. The van der Waals surface area contributed by atoms with Crippen molar-refractivity contribution in [2.24, 2.45) is 0 Å². The van der Waals surface area contributed by atoms with Gasteiger partial charge in [0.2, 0.25) is 0 Å². The third kappa shape index (κ3) is 4.15. The Labute approximate surface area is 185 Å². The molecule has 9 heteroatoms. The molecule has 2 aromatic heterocycles. The second-order valence-corrected chi connectivity index (χ2v) is 8.64. The van der Waals surface area contributed by atoms with Gasteiger partial charge >= 0.3 is 5.97 Å². The first-order valence-corrected chi connectivity index (χ1v) is 10.9. The number of likely N-dealkylation sites (N-methyl/N-ethyl adjacent to an activating group) is 1. The van der Waals surface area contributed by atoms with Crippen molar-refractivity contribution in [3.8, 4) is 0 Å². The molecule has 3 heterocycles. The summed E-state index contributed by atoms with van der Waals surface area (Å²) in [4.78, 5) is 45.3. The molecule has 0 unspecified atom stereocenters. The van der Waals surface area contributed by atoms with Crippen LogP contribution in [0, 0.1) is 13.8 Å². The van der Waals surface area contributed by atoms with Gasteiger partial charge in [-0.2, -0.15) is 0 Å². The Morgan fingerprint density at radius 1 is 1.32 bits per heavy atom. The fourth-order valence-electron chi connectivity index (χ4n) is 3.81. The van der Waals surface area contributed by atoms with Gasteiger partial charge in [-0.25, -0.2) is 4.79 Å². The zero-order valence-electron chi connectivity index (χ0n) is 18.3. The quantitative estimate of drug-likeness (QED) is 0.294. The lowest BCUT2D eigenvalue weighted by atomic mass is 9.97. The van der Waals surface area contributed by atoms with E-state index >= 15 is 0 Å². The number of aryl methyl sites for hydroxylation is 1. The van der Waals surface area contributed by atoms with Crippen molar-refractivity contribution in [1.29, 1.82) is 0 Å². The van der Waals surface area contributed by atoms with Crippen molar-refractivity contribution >= 4 is 34.8 Å². The van der Waals surface area contributed by atoms with Crippen molar-refractivity contribution in [3.05, 3.63) is 50.5 Å². The largest absolute Gasteiger partial charge is 0.507 e. The number of thiophene rings is 1. The zero-order chi connectivity index (χ0) is 22.9. The summed E-state index contributed by atoms with van der Waals surface area (Å²) in [5, 5.41) is 13.1. The van der Waals surface area contributed by atoms with Crippen molar-refractivity contribution in [2.45, 2.75) is 26.8 Å². The number of nitrogens with one attached hydrogen (secondary N) is 1. The minimum atomic E-state index is -0.729. The van der Waals surface area contributed by atoms with Gasteiger partial charge in [0.15, 0.2) is 0 Å². The first-order chi connectivity index (χ1) is 14.7. The molecule has 1 aliphatic heterocycles. The number of amides is 1. The van der Waals surface area contributed by atoms with E-state index in [-0.39, 0.29) is 23.6 Å². The molecule has 1 atom stereocenters. The van der Waals surface area contributed by atoms with Crippen LogP contribution < -0.4 is 0 Å². The summed E-state index contributed by atoms with van der Waals surface area (Å²) in [6.45, 7) is 6.22. The number of hydrogen-bond donors (Lipinski definition) is 2. The van der Waals surface area contributed by atoms with E-state index in [1.165, 1.54) is 16.2 Å². The molecule has 1 fully saturated rings. The van der Waals surface area contributed by atoms with Gasteiger partial charge in [-0.1, -0.05) is 6.07 Å². The number of H-pyrrole nitrogens is 1. The van der Waals surface area contributed by atoms with Crippen LogP contribution in [0.25, 0.3) is 5.76 Å². The van der Waals surface area contributed by atoms with Gasteiger partial charge in [-0.05, 0) is 51.9 Å². The van der Waals surface area contributed by atoms with Crippen LogP contribution in [0.2, 0.25) is 0 Å². The van der Waals surface area contributed by atoms with Crippen LogP contribution in [-0.2, 0) is 14.3 Å². The molecule has 1 saturated heterocycles. The molecule has 0 saturated carbocycles. The molecular formula is C22H27N3O5S. The highest BCUT2D eigenvalue weighted by Crippen LogP contribution is 2.42. The fourth-order valence-corrected chi connectivity index (χ4v) is 4.65. The lowest BCUT2D eigenvalue weighted by Gasteiger charge is -2.25. The normalized spacial score (nSPS) is 18.3. The highest BCUT2D eigenvalue weighted by Gasteiger charge is 2.46. The molecule has 31 heavy (non-hydrogen) atoms. The summed E-state index contributed by atoms with van der Waals surface area (Å²) < 4.78 is 5.07. The summed E-state index contributed by atoms with van der Waals surface area (Å²) in [5.41, 5.74) is 1.58. The van der Waals surface area contributed by atoms with E-state index in [0.717, 1.165) is 4.88 Å². The van der Waals surface area contributed by atoms with Gasteiger partial charge in [0.1, 0.15) is 11.5 Å². The first kappa shape index (κ1) is 22.8. The van der Waals surface area contributed by atoms with E-state index in [1.54, 1.807) is 20.8 Å². The summed E-state index contributed by atoms with van der Waals surface area (Å²) in [6.07, 6.45) is 0. The zero-order valence-corrected chi connectivity index (χ0v) is 19.1. The topological polar surface area (TPSA) is 103 Å². The highest BCUT2D eigenvalue weighted by atomic mass is 32.1. The van der Waals surface area contributed by atoms with Crippen LogP contribution in [-0.4, -0.2) is 71.3 Å². The molecule has 0 spiro atoms. The van der Waals surface area contributed by atoms with Crippen LogP contribution in [0.4, 0.5) is 0 Å². The standard InChI is InChI=1S/C22H27N3O5S/c1-6-30-22(29)17-12(2)15(13(3)23-17)19(26)16-18(14-8-7-11-31-14)25(10-9-24(4)5)21(28)20(16)27/h7-8,11,18,23,26H,6,9-10H2,1-5H3/b19-16+/t18-/m0/s1. The number of ether oxygens (including phenoxy) is 1. The number of carbonyl (C=O) groups excluding carboxylic acids is 3. The number of carbonyl (C=O) groups is 3. The molecule has 1 amide bonds. The lowest BCUT2D eigenvalue weighted by Crippen LogP contribution is -2.35. The minimum absolute atomic E-state index is 0.0341. The Kier molecular flexibility index (Phi) is 6.66. The van der Waals surface area contributed by atoms with Crippen molar-refractivity contribution in [1.82, 2.24) is 14.8 Å². The van der Waals surface area contributed by atoms with E-state index in [9.17, 15) is 19.5 Å². The molecule has 2 N–H and O–H groups in total. The average molecular weight is 446 g/mol. The summed E-state index contributed by atoms with van der Waals surface area (Å²) in [6, 6.07) is 3.01.